The molecule has 0 N–H and O–H groups in total. The molecule has 144 valence electrons. The molecule has 1 aromatic carbocycles. The molecular formula is C24H32N2O. The van der Waals surface area contributed by atoms with E-state index < -0.39 is 0 Å². The van der Waals surface area contributed by atoms with Crippen LogP contribution in [0.5, 0.6) is 5.75 Å². The van der Waals surface area contributed by atoms with Gasteiger partial charge in [0.2, 0.25) is 0 Å². The summed E-state index contributed by atoms with van der Waals surface area (Å²) in [6, 6.07) is 9.04. The van der Waals surface area contributed by atoms with Crippen LogP contribution in [0.2, 0.25) is 0 Å². The van der Waals surface area contributed by atoms with Crippen LogP contribution in [-0.4, -0.2) is 30.1 Å². The van der Waals surface area contributed by atoms with Gasteiger partial charge in [0.1, 0.15) is 5.75 Å². The normalized spacial score (nSPS) is 17.9. The maximum Gasteiger partial charge on any atom is 0.123 e. The zero-order chi connectivity index (χ0) is 18.6. The Labute approximate surface area is 163 Å². The van der Waals surface area contributed by atoms with Gasteiger partial charge in [-0.15, -0.1) is 0 Å². The summed E-state index contributed by atoms with van der Waals surface area (Å²) in [6.07, 6.45) is 10.9. The number of benzene rings is 1. The SMILES string of the molecule is CCCc1c(OC)cc(-c2cc(CN3CCCC3)ccn2)cc1C1CCC1. The van der Waals surface area contributed by atoms with Gasteiger partial charge in [0.05, 0.1) is 12.8 Å². The molecule has 1 aliphatic carbocycles. The standard InChI is InChI=1S/C24H32N2O/c1-3-7-21-22(19-8-6-9-19)15-20(16-24(21)27-2)23-14-18(10-11-25-23)17-26-12-4-5-13-26/h10-11,14-16,19H,3-9,12-13,17H2,1-2H3. The molecular weight excluding hydrogens is 332 g/mol. The number of aromatic nitrogens is 1. The van der Waals surface area contributed by atoms with Crippen molar-refractivity contribution in [3.05, 3.63) is 47.2 Å². The first-order chi connectivity index (χ1) is 13.3. The Balaban J connectivity index is 1.68. The van der Waals surface area contributed by atoms with E-state index in [4.69, 9.17) is 9.72 Å². The van der Waals surface area contributed by atoms with Crippen molar-refractivity contribution in [2.45, 2.75) is 64.3 Å². The first-order valence-electron chi connectivity index (χ1n) is 10.7. The van der Waals surface area contributed by atoms with Crippen LogP contribution in [-0.2, 0) is 13.0 Å². The van der Waals surface area contributed by atoms with E-state index in [2.05, 4.69) is 36.1 Å². The molecule has 0 radical (unpaired) electrons. The number of nitrogens with zero attached hydrogens (tertiary/aromatic N) is 2. The van der Waals surface area contributed by atoms with E-state index in [0.29, 0.717) is 5.92 Å². The Morgan fingerprint density at radius 1 is 1.11 bits per heavy atom. The molecule has 3 nitrogen and oxygen atoms in total. The van der Waals surface area contributed by atoms with Crippen molar-refractivity contribution >= 4 is 0 Å². The van der Waals surface area contributed by atoms with Crippen molar-refractivity contribution in [2.75, 3.05) is 20.2 Å². The summed E-state index contributed by atoms with van der Waals surface area (Å²) in [5, 5.41) is 0. The van der Waals surface area contributed by atoms with Crippen molar-refractivity contribution in [3.8, 4) is 17.0 Å². The maximum absolute atomic E-state index is 5.82. The van der Waals surface area contributed by atoms with E-state index in [1.807, 2.05) is 6.20 Å². The Hall–Kier alpha value is -1.87. The number of rotatable bonds is 7. The fourth-order valence-corrected chi connectivity index (χ4v) is 4.53. The van der Waals surface area contributed by atoms with Crippen molar-refractivity contribution in [3.63, 3.8) is 0 Å². The third-order valence-corrected chi connectivity index (χ3v) is 6.23. The molecule has 2 heterocycles. The summed E-state index contributed by atoms with van der Waals surface area (Å²) in [5.41, 5.74) is 6.57. The van der Waals surface area contributed by atoms with Crippen LogP contribution < -0.4 is 4.74 Å². The molecule has 0 bridgehead atoms. The predicted molar refractivity (Wildman–Crippen MR) is 111 cm³/mol. The molecule has 0 unspecified atom stereocenters. The molecule has 1 aliphatic heterocycles. The van der Waals surface area contributed by atoms with Gasteiger partial charge in [0.25, 0.3) is 0 Å². The second-order valence-corrected chi connectivity index (χ2v) is 8.16. The summed E-state index contributed by atoms with van der Waals surface area (Å²) in [4.78, 5) is 7.25. The lowest BCUT2D eigenvalue weighted by Crippen LogP contribution is -2.18. The zero-order valence-electron chi connectivity index (χ0n) is 16.8. The van der Waals surface area contributed by atoms with Gasteiger partial charge in [-0.25, -0.2) is 0 Å². The number of methoxy groups -OCH3 is 1. The van der Waals surface area contributed by atoms with E-state index in [1.165, 1.54) is 67.4 Å². The summed E-state index contributed by atoms with van der Waals surface area (Å²) in [6.45, 7) is 5.74. The first-order valence-corrected chi connectivity index (χ1v) is 10.7. The average Bonchev–Trinajstić information content (AvgIpc) is 3.15. The molecule has 2 aromatic rings. The van der Waals surface area contributed by atoms with E-state index in [9.17, 15) is 0 Å². The van der Waals surface area contributed by atoms with Gasteiger partial charge in [-0.2, -0.15) is 0 Å². The first kappa shape index (κ1) is 18.5. The van der Waals surface area contributed by atoms with E-state index in [1.54, 1.807) is 7.11 Å². The van der Waals surface area contributed by atoms with Crippen LogP contribution in [0.1, 0.15) is 68.1 Å². The van der Waals surface area contributed by atoms with Crippen LogP contribution in [0.4, 0.5) is 0 Å². The van der Waals surface area contributed by atoms with Gasteiger partial charge < -0.3 is 4.74 Å². The molecule has 1 saturated heterocycles. The highest BCUT2D eigenvalue weighted by Crippen LogP contribution is 2.43. The Morgan fingerprint density at radius 2 is 1.93 bits per heavy atom. The number of pyridine rings is 1. The fraction of sp³-hybridized carbons (Fsp3) is 0.542. The smallest absolute Gasteiger partial charge is 0.123 e. The maximum atomic E-state index is 5.82. The van der Waals surface area contributed by atoms with Crippen LogP contribution in [0.15, 0.2) is 30.5 Å². The second-order valence-electron chi connectivity index (χ2n) is 8.16. The summed E-state index contributed by atoms with van der Waals surface area (Å²) in [5.74, 6) is 1.75. The number of hydrogen-bond donors (Lipinski definition) is 0. The minimum atomic E-state index is 0.702. The lowest BCUT2D eigenvalue weighted by atomic mass is 9.76. The molecule has 1 saturated carbocycles. The van der Waals surface area contributed by atoms with Crippen molar-refractivity contribution in [1.82, 2.24) is 9.88 Å². The van der Waals surface area contributed by atoms with E-state index >= 15 is 0 Å². The highest BCUT2D eigenvalue weighted by Gasteiger charge is 2.25. The molecule has 2 fully saturated rings. The summed E-state index contributed by atoms with van der Waals surface area (Å²) < 4.78 is 5.82. The summed E-state index contributed by atoms with van der Waals surface area (Å²) >= 11 is 0. The minimum absolute atomic E-state index is 0.702. The predicted octanol–water partition coefficient (Wildman–Crippen LogP) is 5.57. The highest BCUT2D eigenvalue weighted by molar-refractivity contribution is 5.66. The van der Waals surface area contributed by atoms with E-state index in [-0.39, 0.29) is 0 Å². The molecule has 2 aliphatic rings. The quantitative estimate of drug-likeness (QED) is 0.642. The van der Waals surface area contributed by atoms with Gasteiger partial charge in [0.15, 0.2) is 0 Å². The van der Waals surface area contributed by atoms with Gasteiger partial charge in [-0.3, -0.25) is 9.88 Å². The largest absolute Gasteiger partial charge is 0.496 e. The van der Waals surface area contributed by atoms with Gasteiger partial charge >= 0.3 is 0 Å². The summed E-state index contributed by atoms with van der Waals surface area (Å²) in [7, 11) is 1.81. The Bertz CT molecular complexity index is 776. The Kier molecular flexibility index (Phi) is 5.77. The third-order valence-electron chi connectivity index (χ3n) is 6.23. The van der Waals surface area contributed by atoms with Crippen LogP contribution in [0.3, 0.4) is 0 Å². The van der Waals surface area contributed by atoms with Crippen molar-refractivity contribution < 1.29 is 4.74 Å². The number of hydrogen-bond acceptors (Lipinski definition) is 3. The van der Waals surface area contributed by atoms with Gasteiger partial charge in [-0.05, 0) is 92.1 Å². The average molecular weight is 365 g/mol. The zero-order valence-corrected chi connectivity index (χ0v) is 16.8. The topological polar surface area (TPSA) is 25.4 Å². The Morgan fingerprint density at radius 3 is 2.59 bits per heavy atom. The third kappa shape index (κ3) is 4.03. The molecule has 1 aromatic heterocycles. The number of likely N-dealkylation sites (tertiary alicyclic amines) is 1. The monoisotopic (exact) mass is 364 g/mol. The molecule has 27 heavy (non-hydrogen) atoms. The molecule has 0 spiro atoms. The molecule has 0 atom stereocenters. The lowest BCUT2D eigenvalue weighted by Gasteiger charge is -2.29. The fourth-order valence-electron chi connectivity index (χ4n) is 4.53. The van der Waals surface area contributed by atoms with Crippen molar-refractivity contribution in [2.24, 2.45) is 0 Å². The highest BCUT2D eigenvalue weighted by atomic mass is 16.5. The second kappa shape index (κ2) is 8.43. The van der Waals surface area contributed by atoms with Gasteiger partial charge in [0, 0.05) is 18.3 Å². The van der Waals surface area contributed by atoms with Crippen LogP contribution >= 0.6 is 0 Å². The molecule has 0 amide bonds. The van der Waals surface area contributed by atoms with Crippen LogP contribution in [0.25, 0.3) is 11.3 Å². The van der Waals surface area contributed by atoms with E-state index in [0.717, 1.165) is 30.8 Å². The number of ether oxygens (including phenoxy) is 1. The minimum Gasteiger partial charge on any atom is -0.496 e. The van der Waals surface area contributed by atoms with Crippen LogP contribution in [0, 0.1) is 0 Å². The van der Waals surface area contributed by atoms with Gasteiger partial charge in [-0.1, -0.05) is 19.8 Å². The van der Waals surface area contributed by atoms with Crippen molar-refractivity contribution in [1.29, 1.82) is 0 Å². The lowest BCUT2D eigenvalue weighted by molar-refractivity contribution is 0.331. The molecule has 3 heteroatoms. The molecule has 4 rings (SSSR count).